The number of carbonyl (C=O) groups is 1. The summed E-state index contributed by atoms with van der Waals surface area (Å²) in [5, 5.41) is 2.72. The van der Waals surface area contributed by atoms with Crippen LogP contribution in [-0.4, -0.2) is 36.2 Å². The highest BCUT2D eigenvalue weighted by atomic mass is 32.2. The number of sulfonamides is 1. The van der Waals surface area contributed by atoms with E-state index >= 15 is 0 Å². The fourth-order valence-electron chi connectivity index (χ4n) is 3.15. The minimum atomic E-state index is -3.98. The van der Waals surface area contributed by atoms with Crippen molar-refractivity contribution in [1.82, 2.24) is 14.9 Å². The number of rotatable bonds is 9. The van der Waals surface area contributed by atoms with Crippen molar-refractivity contribution in [2.75, 3.05) is 17.0 Å². The molecule has 1 aromatic rings. The van der Waals surface area contributed by atoms with E-state index in [4.69, 9.17) is 0 Å². The van der Waals surface area contributed by atoms with E-state index in [9.17, 15) is 18.0 Å². The Balaban J connectivity index is 2.14. The summed E-state index contributed by atoms with van der Waals surface area (Å²) < 4.78 is 30.5. The van der Waals surface area contributed by atoms with Crippen LogP contribution in [-0.2, 0) is 10.0 Å². The number of fused-ring (bicyclic) bond motifs is 1. The van der Waals surface area contributed by atoms with Crippen molar-refractivity contribution in [3.05, 3.63) is 50.9 Å². The van der Waals surface area contributed by atoms with Crippen molar-refractivity contribution in [1.29, 1.82) is 0 Å². The van der Waals surface area contributed by atoms with Gasteiger partial charge in [0.05, 0.1) is 9.10 Å². The van der Waals surface area contributed by atoms with Gasteiger partial charge in [0.1, 0.15) is 11.4 Å². The van der Waals surface area contributed by atoms with Gasteiger partial charge in [-0.15, -0.1) is 23.1 Å². The molecule has 0 saturated carbocycles. The second-order valence-electron chi connectivity index (χ2n) is 8.03. The van der Waals surface area contributed by atoms with Crippen molar-refractivity contribution in [2.24, 2.45) is 5.92 Å². The highest BCUT2D eigenvalue weighted by Gasteiger charge is 2.30. The van der Waals surface area contributed by atoms with E-state index in [0.717, 1.165) is 21.9 Å². The molecule has 0 spiro atoms. The van der Waals surface area contributed by atoms with Crippen molar-refractivity contribution in [3.8, 4) is 5.69 Å². The number of aromatic nitrogens is 2. The Labute approximate surface area is 202 Å². The molecule has 0 radical (unpaired) electrons. The number of thioether (sulfide) groups is 1. The number of hydrogen-bond acceptors (Lipinski definition) is 7. The van der Waals surface area contributed by atoms with Gasteiger partial charge in [-0.25, -0.2) is 17.8 Å². The van der Waals surface area contributed by atoms with Crippen LogP contribution in [0.3, 0.4) is 0 Å². The Morgan fingerprint density at radius 2 is 1.88 bits per heavy atom. The summed E-state index contributed by atoms with van der Waals surface area (Å²) in [7, 11) is -3.98. The fourth-order valence-corrected chi connectivity index (χ4v) is 6.97. The maximum atomic E-state index is 13.0. The van der Waals surface area contributed by atoms with Crippen molar-refractivity contribution in [2.45, 2.75) is 50.1 Å². The van der Waals surface area contributed by atoms with Crippen LogP contribution >= 0.6 is 23.1 Å². The van der Waals surface area contributed by atoms with Gasteiger partial charge in [0.2, 0.25) is 0 Å². The SMILES string of the molecule is CCNC(=O)c1c(C)sc(SCCC(C)C)c2c(NS(=O)(=O)c3ccc(C)cc3)nc(=O)n1-2. The number of benzene rings is 1. The summed E-state index contributed by atoms with van der Waals surface area (Å²) in [4.78, 5) is 30.4. The van der Waals surface area contributed by atoms with Crippen LogP contribution in [0.25, 0.3) is 5.69 Å². The third kappa shape index (κ3) is 5.59. The number of anilines is 1. The molecule has 2 N–H and O–H groups in total. The largest absolute Gasteiger partial charge is 0.355 e. The lowest BCUT2D eigenvalue weighted by molar-refractivity contribution is 0.0947. The molecule has 1 aromatic carbocycles. The Kier molecular flexibility index (Phi) is 7.86. The summed E-state index contributed by atoms with van der Waals surface area (Å²) in [5.74, 6) is 0.799. The van der Waals surface area contributed by atoms with Gasteiger partial charge in [-0.05, 0) is 51.0 Å². The predicted molar refractivity (Wildman–Crippen MR) is 134 cm³/mol. The van der Waals surface area contributed by atoms with Gasteiger partial charge in [-0.3, -0.25) is 9.52 Å². The maximum absolute atomic E-state index is 13.0. The van der Waals surface area contributed by atoms with Gasteiger partial charge in [0.15, 0.2) is 5.82 Å². The fraction of sp³-hybridized carbons (Fsp3) is 0.409. The van der Waals surface area contributed by atoms with E-state index < -0.39 is 21.6 Å². The van der Waals surface area contributed by atoms with Crippen LogP contribution in [0.1, 0.15) is 48.1 Å². The molecule has 0 unspecified atom stereocenters. The summed E-state index contributed by atoms with van der Waals surface area (Å²) >= 11 is 2.89. The Morgan fingerprint density at radius 1 is 1.21 bits per heavy atom. The van der Waals surface area contributed by atoms with Gasteiger partial charge in [0.25, 0.3) is 15.9 Å². The van der Waals surface area contributed by atoms with Crippen LogP contribution in [0.4, 0.5) is 5.82 Å². The van der Waals surface area contributed by atoms with Crippen LogP contribution < -0.4 is 15.7 Å². The number of carbonyl (C=O) groups excluding carboxylic acids is 1. The van der Waals surface area contributed by atoms with Gasteiger partial charge in [0, 0.05) is 11.4 Å². The van der Waals surface area contributed by atoms with E-state index in [1.165, 1.54) is 39.8 Å². The zero-order valence-electron chi connectivity index (χ0n) is 19.3. The average molecular weight is 509 g/mol. The quantitative estimate of drug-likeness (QED) is 0.422. The number of nitrogens with one attached hydrogen (secondary N) is 2. The third-order valence-electron chi connectivity index (χ3n) is 4.89. The van der Waals surface area contributed by atoms with Crippen LogP contribution in [0.15, 0.2) is 38.2 Å². The van der Waals surface area contributed by atoms with E-state index in [2.05, 4.69) is 28.9 Å². The lowest BCUT2D eigenvalue weighted by atomic mass is 10.2. The standard InChI is InChI=1S/C22H28N4O4S3/c1-6-23-20(27)17-15(5)32-21(31-12-11-13(2)3)18-19(24-22(28)26(17)18)25-33(29,30)16-9-7-14(4)8-10-16/h7-10,13H,6,11-12H2,1-5H3,(H,23,27)(H,24,25,28). The molecule has 0 saturated heterocycles. The molecular formula is C22H28N4O4S3. The van der Waals surface area contributed by atoms with E-state index in [1.807, 2.05) is 6.92 Å². The van der Waals surface area contributed by atoms with Crippen molar-refractivity contribution >= 4 is 44.8 Å². The molecule has 0 aromatic heterocycles. The topological polar surface area (TPSA) is 110 Å². The Hall–Kier alpha value is -2.37. The molecule has 1 amide bonds. The highest BCUT2D eigenvalue weighted by molar-refractivity contribution is 8.01. The van der Waals surface area contributed by atoms with Crippen LogP contribution in [0, 0.1) is 19.8 Å². The van der Waals surface area contributed by atoms with E-state index in [0.29, 0.717) is 23.0 Å². The summed E-state index contributed by atoms with van der Waals surface area (Å²) in [6, 6.07) is 6.40. The number of hydrogen-bond donors (Lipinski definition) is 2. The molecule has 2 aliphatic rings. The molecular weight excluding hydrogens is 480 g/mol. The van der Waals surface area contributed by atoms with Gasteiger partial charge in [-0.1, -0.05) is 31.5 Å². The second-order valence-corrected chi connectivity index (χ2v) is 12.3. The third-order valence-corrected chi connectivity index (χ3v) is 8.62. The van der Waals surface area contributed by atoms with Crippen molar-refractivity contribution < 1.29 is 13.2 Å². The monoisotopic (exact) mass is 508 g/mol. The predicted octanol–water partition coefficient (Wildman–Crippen LogP) is 4.04. The first-order chi connectivity index (χ1) is 15.5. The van der Waals surface area contributed by atoms with Crippen molar-refractivity contribution in [3.63, 3.8) is 0 Å². The molecule has 0 atom stereocenters. The first-order valence-electron chi connectivity index (χ1n) is 10.6. The summed E-state index contributed by atoms with van der Waals surface area (Å²) in [5.41, 5.74) is 0.704. The molecule has 178 valence electrons. The minimum absolute atomic E-state index is 0.0652. The molecule has 2 aliphatic heterocycles. The molecule has 3 rings (SSSR count). The van der Waals surface area contributed by atoms with Crippen LogP contribution in [0.2, 0.25) is 0 Å². The van der Waals surface area contributed by atoms with Gasteiger partial charge >= 0.3 is 5.69 Å². The van der Waals surface area contributed by atoms with E-state index in [-0.39, 0.29) is 16.4 Å². The normalized spacial score (nSPS) is 11.8. The minimum Gasteiger partial charge on any atom is -0.351 e. The second kappa shape index (κ2) is 10.3. The van der Waals surface area contributed by atoms with Gasteiger partial charge < -0.3 is 5.32 Å². The smallest absolute Gasteiger partial charge is 0.351 e. The molecule has 8 nitrogen and oxygen atoms in total. The molecule has 0 fully saturated rings. The molecule has 11 heteroatoms. The first-order valence-corrected chi connectivity index (χ1v) is 13.9. The molecule has 2 heterocycles. The van der Waals surface area contributed by atoms with E-state index in [1.54, 1.807) is 26.0 Å². The average Bonchev–Trinajstić information content (AvgIpc) is 3.03. The first kappa shape index (κ1) is 25.3. The highest BCUT2D eigenvalue weighted by Crippen LogP contribution is 2.39. The zero-order valence-corrected chi connectivity index (χ0v) is 21.7. The molecule has 33 heavy (non-hydrogen) atoms. The number of imidazole rings is 1. The zero-order chi connectivity index (χ0) is 24.3. The summed E-state index contributed by atoms with van der Waals surface area (Å²) in [6.45, 7) is 10.1. The van der Waals surface area contributed by atoms with Crippen LogP contribution in [0.5, 0.6) is 0 Å². The van der Waals surface area contributed by atoms with Gasteiger partial charge in [-0.2, -0.15) is 4.98 Å². The number of amides is 1. The maximum Gasteiger partial charge on any atom is 0.355 e. The Bertz CT molecular complexity index is 1280. The molecule has 0 aliphatic carbocycles. The lowest BCUT2D eigenvalue weighted by Gasteiger charge is -2.17. The number of nitrogens with zero attached hydrogens (tertiary/aromatic N) is 2. The number of aryl methyl sites for hydroxylation is 2. The lowest BCUT2D eigenvalue weighted by Crippen LogP contribution is -2.31. The summed E-state index contributed by atoms with van der Waals surface area (Å²) in [6.07, 6.45) is 0.948. The molecule has 0 bridgehead atoms. The Morgan fingerprint density at radius 3 is 2.48 bits per heavy atom.